The number of imide groups is 2. The Morgan fingerprint density at radius 1 is 1.14 bits per heavy atom. The second kappa shape index (κ2) is 6.85. The minimum atomic E-state index is -0.810. The van der Waals surface area contributed by atoms with Crippen LogP contribution in [0.25, 0.3) is 17.0 Å². The number of amides is 4. The fourth-order valence-corrected chi connectivity index (χ4v) is 3.15. The first-order valence-electron chi connectivity index (χ1n) is 8.43. The zero-order valence-corrected chi connectivity index (χ0v) is 14.6. The highest BCUT2D eigenvalue weighted by Crippen LogP contribution is 2.26. The Morgan fingerprint density at radius 2 is 1.96 bits per heavy atom. The fraction of sp³-hybridized carbons (Fsp3) is 0.0476. The minimum Gasteiger partial charge on any atom is -0.335 e. The van der Waals surface area contributed by atoms with Gasteiger partial charge in [0, 0.05) is 28.9 Å². The Kier molecular flexibility index (Phi) is 4.22. The van der Waals surface area contributed by atoms with E-state index >= 15 is 0 Å². The zero-order valence-electron chi connectivity index (χ0n) is 14.6. The first-order chi connectivity index (χ1) is 13.6. The highest BCUT2D eigenvalue weighted by molar-refractivity contribution is 6.39. The number of terminal acetylenes is 1. The molecule has 1 N–H and O–H groups in total. The number of rotatable bonds is 3. The molecule has 7 heteroatoms. The summed E-state index contributed by atoms with van der Waals surface area (Å²) in [6.45, 7) is 0.351. The largest absolute Gasteiger partial charge is 0.336 e. The molecule has 0 aliphatic carbocycles. The molecule has 136 valence electrons. The summed E-state index contributed by atoms with van der Waals surface area (Å²) < 4.78 is 1.86. The molecule has 3 heterocycles. The summed E-state index contributed by atoms with van der Waals surface area (Å²) in [5.41, 5.74) is 1.67. The molecule has 1 aliphatic rings. The van der Waals surface area contributed by atoms with Crippen molar-refractivity contribution in [3.05, 3.63) is 66.1 Å². The van der Waals surface area contributed by atoms with Gasteiger partial charge in [0.05, 0.1) is 18.4 Å². The number of hydrogen-bond acceptors (Lipinski definition) is 4. The van der Waals surface area contributed by atoms with E-state index < -0.39 is 17.8 Å². The second-order valence-corrected chi connectivity index (χ2v) is 6.10. The predicted octanol–water partition coefficient (Wildman–Crippen LogP) is 2.34. The summed E-state index contributed by atoms with van der Waals surface area (Å²) in [7, 11) is 0. The number of fused-ring (bicyclic) bond motifs is 1. The van der Waals surface area contributed by atoms with E-state index in [9.17, 15) is 14.4 Å². The number of hydrogen-bond donors (Lipinski definition) is 1. The lowest BCUT2D eigenvalue weighted by Crippen LogP contribution is -2.54. The molecule has 1 aliphatic heterocycles. The number of aromatic nitrogens is 2. The number of pyridine rings is 1. The maximum atomic E-state index is 12.9. The summed E-state index contributed by atoms with van der Waals surface area (Å²) in [6.07, 6.45) is 11.6. The maximum absolute atomic E-state index is 12.9. The van der Waals surface area contributed by atoms with E-state index in [0.29, 0.717) is 12.1 Å². The van der Waals surface area contributed by atoms with Crippen LogP contribution >= 0.6 is 0 Å². The van der Waals surface area contributed by atoms with E-state index in [0.717, 1.165) is 15.8 Å². The molecule has 4 rings (SSSR count). The topological polar surface area (TPSA) is 84.3 Å². The average molecular weight is 370 g/mol. The van der Waals surface area contributed by atoms with Gasteiger partial charge in [-0.2, -0.15) is 0 Å². The highest BCUT2D eigenvalue weighted by Gasteiger charge is 2.37. The SMILES string of the molecule is C#CCn1cc(/C=C2\C(=O)NC(=O)N(c3cccnc3)C2=O)c2ccccc21. The molecule has 1 saturated heterocycles. The second-order valence-electron chi connectivity index (χ2n) is 6.10. The van der Waals surface area contributed by atoms with E-state index in [1.54, 1.807) is 18.3 Å². The Morgan fingerprint density at radius 3 is 2.71 bits per heavy atom. The normalized spacial score (nSPS) is 15.8. The third-order valence-corrected chi connectivity index (χ3v) is 4.39. The number of anilines is 1. The number of nitrogens with zero attached hydrogens (tertiary/aromatic N) is 3. The lowest BCUT2D eigenvalue weighted by atomic mass is 10.1. The van der Waals surface area contributed by atoms with Crippen LogP contribution in [0.5, 0.6) is 0 Å². The van der Waals surface area contributed by atoms with Gasteiger partial charge in [0.25, 0.3) is 11.8 Å². The number of urea groups is 1. The van der Waals surface area contributed by atoms with Crippen LogP contribution in [-0.4, -0.2) is 27.4 Å². The molecular formula is C21H14N4O3. The standard InChI is InChI=1S/C21H14N4O3/c1-2-10-24-13-14(16-7-3-4-8-18(16)24)11-17-19(26)23-21(28)25(20(17)27)15-6-5-9-22-12-15/h1,3-9,11-13H,10H2,(H,23,26,28)/b17-11+. The summed E-state index contributed by atoms with van der Waals surface area (Å²) in [5, 5.41) is 3.04. The van der Waals surface area contributed by atoms with Gasteiger partial charge in [-0.25, -0.2) is 9.69 Å². The molecule has 0 saturated carbocycles. The van der Waals surface area contributed by atoms with Crippen molar-refractivity contribution < 1.29 is 14.4 Å². The molecule has 0 atom stereocenters. The van der Waals surface area contributed by atoms with E-state index in [1.165, 1.54) is 18.5 Å². The van der Waals surface area contributed by atoms with Gasteiger partial charge in [0.1, 0.15) is 5.57 Å². The molecule has 1 aromatic carbocycles. The van der Waals surface area contributed by atoms with E-state index in [-0.39, 0.29) is 11.3 Å². The quantitative estimate of drug-likeness (QED) is 0.436. The third kappa shape index (κ3) is 2.83. The number of carbonyl (C=O) groups excluding carboxylic acids is 3. The van der Waals surface area contributed by atoms with Gasteiger partial charge < -0.3 is 4.57 Å². The molecular weight excluding hydrogens is 356 g/mol. The highest BCUT2D eigenvalue weighted by atomic mass is 16.2. The molecule has 0 unspecified atom stereocenters. The summed E-state index contributed by atoms with van der Waals surface area (Å²) in [6, 6.07) is 9.88. The molecule has 0 bridgehead atoms. The van der Waals surface area contributed by atoms with Crippen molar-refractivity contribution in [3.8, 4) is 12.3 Å². The molecule has 0 spiro atoms. The van der Waals surface area contributed by atoms with Crippen molar-refractivity contribution in [2.45, 2.75) is 6.54 Å². The van der Waals surface area contributed by atoms with Crippen LogP contribution in [-0.2, 0) is 16.1 Å². The molecule has 28 heavy (non-hydrogen) atoms. The van der Waals surface area contributed by atoms with Gasteiger partial charge in [-0.1, -0.05) is 24.1 Å². The van der Waals surface area contributed by atoms with E-state index in [4.69, 9.17) is 6.42 Å². The van der Waals surface area contributed by atoms with Crippen molar-refractivity contribution in [2.75, 3.05) is 4.90 Å². The average Bonchev–Trinajstić information content (AvgIpc) is 3.04. The van der Waals surface area contributed by atoms with Crippen molar-refractivity contribution in [2.24, 2.45) is 0 Å². The van der Waals surface area contributed by atoms with E-state index in [1.807, 2.05) is 28.8 Å². The van der Waals surface area contributed by atoms with Crippen LogP contribution in [0.4, 0.5) is 10.5 Å². The summed E-state index contributed by atoms with van der Waals surface area (Å²) in [5.74, 6) is 1.12. The van der Waals surface area contributed by atoms with Crippen molar-refractivity contribution in [1.29, 1.82) is 0 Å². The third-order valence-electron chi connectivity index (χ3n) is 4.39. The molecule has 0 radical (unpaired) electrons. The van der Waals surface area contributed by atoms with Crippen LogP contribution in [0.2, 0.25) is 0 Å². The smallest absolute Gasteiger partial charge is 0.335 e. The Labute approximate surface area is 160 Å². The van der Waals surface area contributed by atoms with Gasteiger partial charge in [0.2, 0.25) is 0 Å². The predicted molar refractivity (Wildman–Crippen MR) is 104 cm³/mol. The van der Waals surface area contributed by atoms with E-state index in [2.05, 4.69) is 16.2 Å². The lowest BCUT2D eigenvalue weighted by Gasteiger charge is -2.25. The summed E-state index contributed by atoms with van der Waals surface area (Å²) >= 11 is 0. The summed E-state index contributed by atoms with van der Waals surface area (Å²) in [4.78, 5) is 42.3. The molecule has 7 nitrogen and oxygen atoms in total. The van der Waals surface area contributed by atoms with Crippen molar-refractivity contribution in [1.82, 2.24) is 14.9 Å². The first-order valence-corrected chi connectivity index (χ1v) is 8.43. The zero-order chi connectivity index (χ0) is 19.7. The van der Waals surface area contributed by atoms with Gasteiger partial charge >= 0.3 is 6.03 Å². The Balaban J connectivity index is 1.82. The molecule has 3 aromatic rings. The number of para-hydroxylation sites is 1. The monoisotopic (exact) mass is 370 g/mol. The number of barbiturate groups is 1. The number of nitrogens with one attached hydrogen (secondary N) is 1. The first kappa shape index (κ1) is 17.2. The Hall–Kier alpha value is -4.18. The Bertz CT molecular complexity index is 1190. The minimum absolute atomic E-state index is 0.146. The van der Waals surface area contributed by atoms with Gasteiger partial charge in [-0.15, -0.1) is 6.42 Å². The molecule has 2 aromatic heterocycles. The van der Waals surface area contributed by atoms with Gasteiger partial charge in [-0.3, -0.25) is 19.9 Å². The van der Waals surface area contributed by atoms with Gasteiger partial charge in [-0.05, 0) is 24.3 Å². The molecule has 4 amide bonds. The fourth-order valence-electron chi connectivity index (χ4n) is 3.15. The van der Waals surface area contributed by atoms with Crippen LogP contribution in [0.3, 0.4) is 0 Å². The molecule has 1 fully saturated rings. The number of carbonyl (C=O) groups is 3. The van der Waals surface area contributed by atoms with Crippen LogP contribution in [0.15, 0.2) is 60.6 Å². The maximum Gasteiger partial charge on any atom is 0.336 e. The lowest BCUT2D eigenvalue weighted by molar-refractivity contribution is -0.122. The van der Waals surface area contributed by atoms with Crippen LogP contribution < -0.4 is 10.2 Å². The van der Waals surface area contributed by atoms with Crippen molar-refractivity contribution >= 4 is 40.5 Å². The van der Waals surface area contributed by atoms with Crippen LogP contribution in [0.1, 0.15) is 5.56 Å². The van der Waals surface area contributed by atoms with Crippen LogP contribution in [0, 0.1) is 12.3 Å². The van der Waals surface area contributed by atoms with Crippen molar-refractivity contribution in [3.63, 3.8) is 0 Å². The number of benzene rings is 1. The van der Waals surface area contributed by atoms with Gasteiger partial charge in [0.15, 0.2) is 0 Å².